The van der Waals surface area contributed by atoms with E-state index in [1.165, 1.54) is 5.56 Å². The average Bonchev–Trinajstić information content (AvgIpc) is 3.04. The normalized spacial score (nSPS) is 19.9. The Hall–Kier alpha value is -2.66. The molecule has 2 aromatic carbocycles. The summed E-state index contributed by atoms with van der Waals surface area (Å²) in [6.45, 7) is 2.41. The van der Waals surface area contributed by atoms with Gasteiger partial charge in [-0.15, -0.1) is 0 Å². The lowest BCUT2D eigenvalue weighted by Crippen LogP contribution is -2.30. The molecular formula is C19H19NO4. The molecule has 5 heteroatoms. The molecule has 1 fully saturated rings. The monoisotopic (exact) mass is 325 g/mol. The van der Waals surface area contributed by atoms with Crippen molar-refractivity contribution < 1.29 is 19.4 Å². The Labute approximate surface area is 140 Å². The molecule has 3 rings (SSSR count). The number of carbonyl (C=O) groups is 2. The summed E-state index contributed by atoms with van der Waals surface area (Å²) in [5.41, 5.74) is 3.80. The van der Waals surface area contributed by atoms with Crippen molar-refractivity contribution in [1.29, 1.82) is 0 Å². The van der Waals surface area contributed by atoms with E-state index in [-0.39, 0.29) is 0 Å². The fourth-order valence-corrected chi connectivity index (χ4v) is 2.88. The first-order chi connectivity index (χ1) is 11.5. The van der Waals surface area contributed by atoms with Gasteiger partial charge in [0.1, 0.15) is 12.1 Å². The Morgan fingerprint density at radius 2 is 1.83 bits per heavy atom. The van der Waals surface area contributed by atoms with Crippen molar-refractivity contribution >= 4 is 11.9 Å². The van der Waals surface area contributed by atoms with Gasteiger partial charge in [0, 0.05) is 13.0 Å². The fourth-order valence-electron chi connectivity index (χ4n) is 2.88. The SMILES string of the molecule is Cc1ccccc1-c1ccc(C(=O)O[C@@H]2CN[C@H](C(=O)O)C2)cc1. The molecule has 1 aliphatic rings. The van der Waals surface area contributed by atoms with E-state index in [0.717, 1.165) is 11.1 Å². The van der Waals surface area contributed by atoms with Crippen molar-refractivity contribution in [2.24, 2.45) is 0 Å². The minimum absolute atomic E-state index is 0.294. The maximum Gasteiger partial charge on any atom is 0.338 e. The number of rotatable bonds is 4. The van der Waals surface area contributed by atoms with Gasteiger partial charge in [-0.1, -0.05) is 36.4 Å². The van der Waals surface area contributed by atoms with Crippen LogP contribution < -0.4 is 5.32 Å². The predicted molar refractivity (Wildman–Crippen MR) is 89.9 cm³/mol. The lowest BCUT2D eigenvalue weighted by atomic mass is 10.00. The van der Waals surface area contributed by atoms with Gasteiger partial charge < -0.3 is 15.2 Å². The van der Waals surface area contributed by atoms with E-state index in [4.69, 9.17) is 9.84 Å². The van der Waals surface area contributed by atoms with Gasteiger partial charge in [-0.3, -0.25) is 4.79 Å². The third-order valence-corrected chi connectivity index (χ3v) is 4.24. The van der Waals surface area contributed by atoms with Crippen LogP contribution in [0.4, 0.5) is 0 Å². The Morgan fingerprint density at radius 1 is 1.12 bits per heavy atom. The van der Waals surface area contributed by atoms with E-state index in [1.807, 2.05) is 43.3 Å². The number of carbonyl (C=O) groups excluding carboxylic acids is 1. The number of nitrogens with one attached hydrogen (secondary N) is 1. The Morgan fingerprint density at radius 3 is 2.46 bits per heavy atom. The standard InChI is InChI=1S/C19H19NO4/c1-12-4-2-3-5-16(12)13-6-8-14(9-7-13)19(23)24-15-10-17(18(21)22)20-11-15/h2-9,15,17,20H,10-11H2,1H3,(H,21,22)/t15-,17-/m0/s1. The van der Waals surface area contributed by atoms with E-state index >= 15 is 0 Å². The highest BCUT2D eigenvalue weighted by Gasteiger charge is 2.31. The number of benzene rings is 2. The highest BCUT2D eigenvalue weighted by molar-refractivity contribution is 5.90. The van der Waals surface area contributed by atoms with E-state index in [9.17, 15) is 9.59 Å². The summed E-state index contributed by atoms with van der Waals surface area (Å²) < 4.78 is 5.38. The number of ether oxygens (including phenoxy) is 1. The third kappa shape index (κ3) is 3.46. The van der Waals surface area contributed by atoms with E-state index in [0.29, 0.717) is 18.5 Å². The molecule has 0 spiro atoms. The number of carboxylic acids is 1. The molecule has 1 aliphatic heterocycles. The summed E-state index contributed by atoms with van der Waals surface area (Å²) in [4.78, 5) is 23.1. The second-order valence-corrected chi connectivity index (χ2v) is 5.95. The largest absolute Gasteiger partial charge is 0.480 e. The van der Waals surface area contributed by atoms with Gasteiger partial charge in [0.25, 0.3) is 0 Å². The van der Waals surface area contributed by atoms with Crippen molar-refractivity contribution in [2.75, 3.05) is 6.54 Å². The van der Waals surface area contributed by atoms with Crippen LogP contribution in [-0.2, 0) is 9.53 Å². The first-order valence-corrected chi connectivity index (χ1v) is 7.88. The molecule has 0 saturated carbocycles. The summed E-state index contributed by atoms with van der Waals surface area (Å²) in [7, 11) is 0. The number of aliphatic carboxylic acids is 1. The molecule has 0 bridgehead atoms. The molecule has 2 atom stereocenters. The highest BCUT2D eigenvalue weighted by atomic mass is 16.5. The van der Waals surface area contributed by atoms with Gasteiger partial charge in [-0.25, -0.2) is 4.79 Å². The average molecular weight is 325 g/mol. The van der Waals surface area contributed by atoms with E-state index in [1.54, 1.807) is 12.1 Å². The molecule has 24 heavy (non-hydrogen) atoms. The van der Waals surface area contributed by atoms with Crippen LogP contribution >= 0.6 is 0 Å². The van der Waals surface area contributed by atoms with Crippen molar-refractivity contribution in [3.63, 3.8) is 0 Å². The van der Waals surface area contributed by atoms with Gasteiger partial charge in [0.05, 0.1) is 5.56 Å². The fraction of sp³-hybridized carbons (Fsp3) is 0.263. The van der Waals surface area contributed by atoms with Crippen LogP contribution in [0.5, 0.6) is 0 Å². The molecule has 0 amide bonds. The number of carboxylic acid groups (broad SMARTS) is 1. The summed E-state index contributed by atoms with van der Waals surface area (Å²) >= 11 is 0. The summed E-state index contributed by atoms with van der Waals surface area (Å²) in [6, 6.07) is 14.7. The zero-order valence-corrected chi connectivity index (χ0v) is 13.4. The van der Waals surface area contributed by atoms with Gasteiger partial charge in [0.2, 0.25) is 0 Å². The zero-order valence-electron chi connectivity index (χ0n) is 13.4. The summed E-state index contributed by atoms with van der Waals surface area (Å²) in [6.07, 6.45) is -0.114. The number of hydrogen-bond acceptors (Lipinski definition) is 4. The van der Waals surface area contributed by atoms with Gasteiger partial charge in [-0.05, 0) is 35.7 Å². The Bertz CT molecular complexity index is 754. The van der Waals surface area contributed by atoms with Crippen LogP contribution in [0.3, 0.4) is 0 Å². The minimum Gasteiger partial charge on any atom is -0.480 e. The molecular weight excluding hydrogens is 306 g/mol. The van der Waals surface area contributed by atoms with Crippen LogP contribution in [0.15, 0.2) is 48.5 Å². The van der Waals surface area contributed by atoms with E-state index in [2.05, 4.69) is 5.32 Å². The molecule has 2 aromatic rings. The number of aryl methyl sites for hydroxylation is 1. The quantitative estimate of drug-likeness (QED) is 0.845. The highest BCUT2D eigenvalue weighted by Crippen LogP contribution is 2.23. The molecule has 0 aromatic heterocycles. The maximum atomic E-state index is 12.2. The van der Waals surface area contributed by atoms with Crippen molar-refractivity contribution in [3.05, 3.63) is 59.7 Å². The summed E-state index contributed by atoms with van der Waals surface area (Å²) in [5.74, 6) is -1.35. The Balaban J connectivity index is 1.67. The lowest BCUT2D eigenvalue weighted by molar-refractivity contribution is -0.139. The number of hydrogen-bond donors (Lipinski definition) is 2. The smallest absolute Gasteiger partial charge is 0.338 e. The van der Waals surface area contributed by atoms with Crippen LogP contribution in [0, 0.1) is 6.92 Å². The molecule has 1 heterocycles. The first kappa shape index (κ1) is 16.2. The molecule has 1 saturated heterocycles. The molecule has 0 aliphatic carbocycles. The maximum absolute atomic E-state index is 12.2. The molecule has 0 unspecified atom stereocenters. The lowest BCUT2D eigenvalue weighted by Gasteiger charge is -2.11. The van der Waals surface area contributed by atoms with Crippen LogP contribution in [0.2, 0.25) is 0 Å². The second kappa shape index (κ2) is 6.84. The third-order valence-electron chi connectivity index (χ3n) is 4.24. The van der Waals surface area contributed by atoms with Crippen LogP contribution in [0.1, 0.15) is 22.3 Å². The zero-order chi connectivity index (χ0) is 17.1. The number of esters is 1. The van der Waals surface area contributed by atoms with E-state index < -0.39 is 24.1 Å². The van der Waals surface area contributed by atoms with Crippen molar-refractivity contribution in [2.45, 2.75) is 25.5 Å². The predicted octanol–water partition coefficient (Wildman–Crippen LogP) is 2.63. The summed E-state index contributed by atoms with van der Waals surface area (Å²) in [5, 5.41) is 11.8. The first-order valence-electron chi connectivity index (χ1n) is 7.88. The Kier molecular flexibility index (Phi) is 4.62. The second-order valence-electron chi connectivity index (χ2n) is 5.95. The van der Waals surface area contributed by atoms with Gasteiger partial charge in [-0.2, -0.15) is 0 Å². The topological polar surface area (TPSA) is 75.6 Å². The molecule has 5 nitrogen and oxygen atoms in total. The van der Waals surface area contributed by atoms with Gasteiger partial charge in [0.15, 0.2) is 0 Å². The van der Waals surface area contributed by atoms with Crippen molar-refractivity contribution in [1.82, 2.24) is 5.32 Å². The van der Waals surface area contributed by atoms with Crippen LogP contribution in [-0.4, -0.2) is 35.7 Å². The molecule has 0 radical (unpaired) electrons. The minimum atomic E-state index is -0.920. The van der Waals surface area contributed by atoms with Crippen molar-refractivity contribution in [3.8, 4) is 11.1 Å². The molecule has 2 N–H and O–H groups in total. The van der Waals surface area contributed by atoms with Gasteiger partial charge >= 0.3 is 11.9 Å². The van der Waals surface area contributed by atoms with Crippen LogP contribution in [0.25, 0.3) is 11.1 Å². The molecule has 124 valence electrons.